The zero-order valence-corrected chi connectivity index (χ0v) is 10.8. The number of nitrogens with zero attached hydrogens (tertiary/aromatic N) is 2. The van der Waals surface area contributed by atoms with Crippen molar-refractivity contribution >= 4 is 11.9 Å². The highest BCUT2D eigenvalue weighted by atomic mass is 16.3. The maximum absolute atomic E-state index is 11.4. The third-order valence-corrected chi connectivity index (χ3v) is 3.73. The Morgan fingerprint density at radius 1 is 1.28 bits per heavy atom. The Kier molecular flexibility index (Phi) is 3.87. The summed E-state index contributed by atoms with van der Waals surface area (Å²) in [6.45, 7) is 4.85. The molecule has 0 aliphatic carbocycles. The number of urea groups is 1. The van der Waals surface area contributed by atoms with Gasteiger partial charge in [0.2, 0.25) is 5.91 Å². The van der Waals surface area contributed by atoms with Crippen LogP contribution in [-0.4, -0.2) is 65.2 Å². The van der Waals surface area contributed by atoms with E-state index in [4.69, 9.17) is 0 Å². The summed E-state index contributed by atoms with van der Waals surface area (Å²) >= 11 is 0. The molecular formula is C12H21N3O3. The van der Waals surface area contributed by atoms with Crippen molar-refractivity contribution in [2.45, 2.75) is 31.8 Å². The van der Waals surface area contributed by atoms with E-state index in [-0.39, 0.29) is 18.5 Å². The summed E-state index contributed by atoms with van der Waals surface area (Å²) in [4.78, 5) is 26.3. The highest BCUT2D eigenvalue weighted by Gasteiger charge is 2.29. The number of carbonyl (C=O) groups is 2. The number of rotatable bonds is 3. The van der Waals surface area contributed by atoms with Gasteiger partial charge in [-0.25, -0.2) is 4.79 Å². The molecule has 3 amide bonds. The topological polar surface area (TPSA) is 72.9 Å². The van der Waals surface area contributed by atoms with Crippen molar-refractivity contribution < 1.29 is 14.7 Å². The van der Waals surface area contributed by atoms with Gasteiger partial charge in [-0.05, 0) is 32.7 Å². The number of imide groups is 1. The predicted molar refractivity (Wildman–Crippen MR) is 66.0 cm³/mol. The Hall–Kier alpha value is -1.14. The first-order valence-corrected chi connectivity index (χ1v) is 6.51. The number of amides is 3. The Balaban J connectivity index is 1.80. The maximum Gasteiger partial charge on any atom is 0.324 e. The van der Waals surface area contributed by atoms with Gasteiger partial charge in [0.05, 0.1) is 12.1 Å². The van der Waals surface area contributed by atoms with Crippen LogP contribution in [0.15, 0.2) is 0 Å². The van der Waals surface area contributed by atoms with Gasteiger partial charge in [0, 0.05) is 19.6 Å². The quantitative estimate of drug-likeness (QED) is 0.684. The fraction of sp³-hybridized carbons (Fsp3) is 0.833. The maximum atomic E-state index is 11.4. The minimum atomic E-state index is -0.574. The first-order valence-electron chi connectivity index (χ1n) is 6.51. The van der Waals surface area contributed by atoms with Crippen LogP contribution in [0, 0.1) is 0 Å². The summed E-state index contributed by atoms with van der Waals surface area (Å²) in [6, 6.07) is -0.290. The summed E-state index contributed by atoms with van der Waals surface area (Å²) in [5.41, 5.74) is -0.574. The molecule has 102 valence electrons. The number of hydrogen-bond donors (Lipinski definition) is 2. The summed E-state index contributed by atoms with van der Waals surface area (Å²) in [7, 11) is 0. The van der Waals surface area contributed by atoms with Gasteiger partial charge < -0.3 is 15.3 Å². The molecule has 1 unspecified atom stereocenters. The first kappa shape index (κ1) is 13.3. The molecule has 6 nitrogen and oxygen atoms in total. The lowest BCUT2D eigenvalue weighted by Crippen LogP contribution is -2.39. The van der Waals surface area contributed by atoms with Crippen LogP contribution in [0.1, 0.15) is 26.2 Å². The van der Waals surface area contributed by atoms with E-state index in [9.17, 15) is 14.7 Å². The van der Waals surface area contributed by atoms with Crippen molar-refractivity contribution in [2.24, 2.45) is 0 Å². The van der Waals surface area contributed by atoms with Crippen LogP contribution in [-0.2, 0) is 4.79 Å². The molecule has 0 saturated carbocycles. The Labute approximate surface area is 107 Å². The fourth-order valence-corrected chi connectivity index (χ4v) is 2.47. The number of carbonyl (C=O) groups excluding carboxylic acids is 2. The molecular weight excluding hydrogens is 234 g/mol. The molecule has 1 atom stereocenters. The number of hydrogen-bond acceptors (Lipinski definition) is 4. The molecule has 0 aromatic rings. The van der Waals surface area contributed by atoms with E-state index >= 15 is 0 Å². The average Bonchev–Trinajstić information content (AvgIpc) is 2.52. The third kappa shape index (κ3) is 3.20. The number of nitrogens with one attached hydrogen (secondary N) is 1. The molecule has 2 aliphatic rings. The zero-order chi connectivity index (χ0) is 13.2. The summed E-state index contributed by atoms with van der Waals surface area (Å²) < 4.78 is 0. The summed E-state index contributed by atoms with van der Waals surface area (Å²) in [6.07, 6.45) is 2.51. The van der Waals surface area contributed by atoms with Crippen LogP contribution in [0.4, 0.5) is 4.79 Å². The molecule has 0 aromatic carbocycles. The fourth-order valence-electron chi connectivity index (χ4n) is 2.47. The molecule has 2 saturated heterocycles. The van der Waals surface area contributed by atoms with Gasteiger partial charge in [-0.1, -0.05) is 0 Å². The monoisotopic (exact) mass is 255 g/mol. The molecule has 2 rings (SSSR count). The predicted octanol–water partition coefficient (Wildman–Crippen LogP) is -0.225. The molecule has 2 fully saturated rings. The molecule has 2 aliphatic heterocycles. The van der Waals surface area contributed by atoms with Crippen molar-refractivity contribution in [1.29, 1.82) is 0 Å². The van der Waals surface area contributed by atoms with E-state index in [1.165, 1.54) is 4.90 Å². The Bertz CT molecular complexity index is 327. The second-order valence-corrected chi connectivity index (χ2v) is 5.40. The molecule has 2 N–H and O–H groups in total. The van der Waals surface area contributed by atoms with E-state index in [1.807, 2.05) is 6.92 Å². The van der Waals surface area contributed by atoms with Crippen LogP contribution in [0.3, 0.4) is 0 Å². The molecule has 0 bridgehead atoms. The smallest absolute Gasteiger partial charge is 0.324 e. The summed E-state index contributed by atoms with van der Waals surface area (Å²) in [5, 5.41) is 12.5. The van der Waals surface area contributed by atoms with Gasteiger partial charge in [-0.15, -0.1) is 0 Å². The van der Waals surface area contributed by atoms with Crippen molar-refractivity contribution in [2.75, 3.05) is 32.7 Å². The molecule has 6 heteroatoms. The second kappa shape index (κ2) is 5.24. The molecule has 2 heterocycles. The number of aliphatic hydroxyl groups is 1. The van der Waals surface area contributed by atoms with Crippen LogP contribution < -0.4 is 5.32 Å². The Morgan fingerprint density at radius 3 is 2.72 bits per heavy atom. The highest BCUT2D eigenvalue weighted by Crippen LogP contribution is 2.21. The van der Waals surface area contributed by atoms with Crippen LogP contribution in [0.25, 0.3) is 0 Å². The first-order chi connectivity index (χ1) is 8.48. The van der Waals surface area contributed by atoms with Crippen molar-refractivity contribution in [3.63, 3.8) is 0 Å². The van der Waals surface area contributed by atoms with Gasteiger partial charge in [-0.2, -0.15) is 0 Å². The zero-order valence-electron chi connectivity index (χ0n) is 10.8. The van der Waals surface area contributed by atoms with Crippen LogP contribution in [0.2, 0.25) is 0 Å². The van der Waals surface area contributed by atoms with Crippen LogP contribution >= 0.6 is 0 Å². The lowest BCUT2D eigenvalue weighted by Gasteiger charge is -2.23. The normalized spacial score (nSPS) is 30.4. The van der Waals surface area contributed by atoms with E-state index < -0.39 is 5.60 Å². The van der Waals surface area contributed by atoms with Gasteiger partial charge in [0.25, 0.3) is 0 Å². The van der Waals surface area contributed by atoms with E-state index in [0.29, 0.717) is 13.1 Å². The van der Waals surface area contributed by atoms with Gasteiger partial charge in [-0.3, -0.25) is 9.69 Å². The standard InChI is InChI=1S/C12H21N3O3/c1-12(18)3-2-5-14(6-4-12)7-8-15-10(16)9-13-11(15)17/h18H,2-9H2,1H3,(H,13,17). The molecule has 0 aromatic heterocycles. The van der Waals surface area contributed by atoms with Gasteiger partial charge >= 0.3 is 6.03 Å². The molecule has 18 heavy (non-hydrogen) atoms. The van der Waals surface area contributed by atoms with E-state index in [0.717, 1.165) is 32.4 Å². The lowest BCUT2D eigenvalue weighted by molar-refractivity contribution is -0.125. The van der Waals surface area contributed by atoms with E-state index in [1.54, 1.807) is 0 Å². The van der Waals surface area contributed by atoms with Crippen molar-refractivity contribution in [3.05, 3.63) is 0 Å². The minimum absolute atomic E-state index is 0.119. The third-order valence-electron chi connectivity index (χ3n) is 3.73. The number of likely N-dealkylation sites (tertiary alicyclic amines) is 1. The lowest BCUT2D eigenvalue weighted by atomic mass is 9.98. The summed E-state index contributed by atoms with van der Waals surface area (Å²) in [5.74, 6) is -0.151. The van der Waals surface area contributed by atoms with Crippen molar-refractivity contribution in [3.8, 4) is 0 Å². The van der Waals surface area contributed by atoms with Gasteiger partial charge in [0.15, 0.2) is 0 Å². The second-order valence-electron chi connectivity index (χ2n) is 5.40. The highest BCUT2D eigenvalue weighted by molar-refractivity contribution is 6.01. The largest absolute Gasteiger partial charge is 0.390 e. The SMILES string of the molecule is CC1(O)CCCN(CCN2C(=O)CNC2=O)CC1. The Morgan fingerprint density at radius 2 is 2.06 bits per heavy atom. The average molecular weight is 255 g/mol. The minimum Gasteiger partial charge on any atom is -0.390 e. The molecule has 0 radical (unpaired) electrons. The van der Waals surface area contributed by atoms with Crippen LogP contribution in [0.5, 0.6) is 0 Å². The van der Waals surface area contributed by atoms with E-state index in [2.05, 4.69) is 10.2 Å². The van der Waals surface area contributed by atoms with Gasteiger partial charge in [0.1, 0.15) is 0 Å². The molecule has 0 spiro atoms. The van der Waals surface area contributed by atoms with Crippen molar-refractivity contribution in [1.82, 2.24) is 15.1 Å².